The topological polar surface area (TPSA) is 127 Å². The largest absolute Gasteiger partial charge is 0.457 e. The number of nitrogens with one attached hydrogen (secondary N) is 1. The number of amides is 1. The molecule has 1 aromatic heterocycles. The average molecular weight is 445 g/mol. The number of carbonyl (C=O) groups excluding carboxylic acids is 1. The van der Waals surface area contributed by atoms with E-state index in [0.717, 1.165) is 31.6 Å². The zero-order valence-corrected chi connectivity index (χ0v) is 19.1. The molecule has 0 unspecified atom stereocenters. The van der Waals surface area contributed by atoms with Crippen LogP contribution in [0.25, 0.3) is 0 Å². The lowest BCUT2D eigenvalue weighted by molar-refractivity contribution is -0.384. The molecule has 2 aromatic rings. The summed E-state index contributed by atoms with van der Waals surface area (Å²) in [7, 11) is 5.85. The summed E-state index contributed by atoms with van der Waals surface area (Å²) < 4.78 is 5.58. The molecular weight excluding hydrogens is 412 g/mol. The van der Waals surface area contributed by atoms with Crippen LogP contribution in [0, 0.1) is 17.0 Å². The monoisotopic (exact) mass is 444 g/mol. The van der Waals surface area contributed by atoms with Crippen molar-refractivity contribution >= 4 is 17.3 Å². The van der Waals surface area contributed by atoms with Gasteiger partial charge in [-0.05, 0) is 52.1 Å². The Morgan fingerprint density at radius 3 is 2.47 bits per heavy atom. The molecule has 3 N–H and O–H groups in total. The molecule has 0 radical (unpaired) electrons. The second-order valence-electron chi connectivity index (χ2n) is 7.86. The van der Waals surface area contributed by atoms with Crippen LogP contribution in [0.5, 0.6) is 11.5 Å². The zero-order valence-electron chi connectivity index (χ0n) is 19.1. The van der Waals surface area contributed by atoms with Gasteiger partial charge >= 0.3 is 0 Å². The lowest BCUT2D eigenvalue weighted by Crippen LogP contribution is -2.44. The van der Waals surface area contributed by atoms with Crippen molar-refractivity contribution in [3.05, 3.63) is 52.3 Å². The quantitative estimate of drug-likeness (QED) is 0.493. The van der Waals surface area contributed by atoms with Gasteiger partial charge in [-0.2, -0.15) is 0 Å². The Kier molecular flexibility index (Phi) is 9.36. The van der Waals surface area contributed by atoms with Crippen LogP contribution in [0.4, 0.5) is 11.4 Å². The van der Waals surface area contributed by atoms with Gasteiger partial charge in [0.05, 0.1) is 17.5 Å². The number of hydrogen-bond donors (Lipinski definition) is 2. The maximum absolute atomic E-state index is 10.9. The molecule has 0 aliphatic carbocycles. The Labute approximate surface area is 188 Å². The molecule has 1 fully saturated rings. The van der Waals surface area contributed by atoms with Crippen molar-refractivity contribution in [2.24, 2.45) is 5.73 Å². The first-order valence-electron chi connectivity index (χ1n) is 10.4. The molecule has 10 heteroatoms. The number of piperidine rings is 1. The molecule has 1 saturated heterocycles. The Morgan fingerprint density at radius 1 is 1.28 bits per heavy atom. The minimum atomic E-state index is -0.448. The van der Waals surface area contributed by atoms with E-state index in [1.54, 1.807) is 37.5 Å². The predicted octanol–water partition coefficient (Wildman–Crippen LogP) is 2.63. The molecule has 32 heavy (non-hydrogen) atoms. The Balaban J connectivity index is 0.000000244. The summed E-state index contributed by atoms with van der Waals surface area (Å²) in [6.45, 7) is 4.25. The summed E-state index contributed by atoms with van der Waals surface area (Å²) in [5, 5.41) is 13.7. The average Bonchev–Trinajstić information content (AvgIpc) is 2.74. The molecule has 0 bridgehead atoms. The highest BCUT2D eigenvalue weighted by Crippen LogP contribution is 2.31. The van der Waals surface area contributed by atoms with Crippen molar-refractivity contribution in [3.8, 4) is 11.5 Å². The molecule has 10 nitrogen and oxygen atoms in total. The number of likely N-dealkylation sites (tertiary alicyclic amines) is 1. The van der Waals surface area contributed by atoms with E-state index in [1.165, 1.54) is 6.07 Å². The number of aromatic nitrogens is 1. The second kappa shape index (κ2) is 12.0. The highest BCUT2D eigenvalue weighted by molar-refractivity contribution is 5.75. The number of carbonyl (C=O) groups is 1. The summed E-state index contributed by atoms with van der Waals surface area (Å²) in [6.07, 6.45) is 3.90. The summed E-state index contributed by atoms with van der Waals surface area (Å²) in [5.41, 5.74) is 6.37. The highest BCUT2D eigenvalue weighted by atomic mass is 16.6. The van der Waals surface area contributed by atoms with Gasteiger partial charge in [-0.25, -0.2) is 0 Å². The van der Waals surface area contributed by atoms with E-state index >= 15 is 0 Å². The van der Waals surface area contributed by atoms with Crippen LogP contribution in [-0.2, 0) is 4.79 Å². The normalized spacial score (nSPS) is 14.4. The summed E-state index contributed by atoms with van der Waals surface area (Å²) in [5.74, 6) is 0.790. The lowest BCUT2D eigenvalue weighted by Gasteiger charge is -2.34. The molecule has 1 aromatic carbocycles. The van der Waals surface area contributed by atoms with Crippen molar-refractivity contribution in [2.75, 3.05) is 46.1 Å². The number of benzene rings is 1. The first-order chi connectivity index (χ1) is 15.2. The van der Waals surface area contributed by atoms with Gasteiger partial charge in [-0.3, -0.25) is 24.8 Å². The number of nitro benzene ring substituents is 1. The molecular formula is C22H32N6O4. The molecule has 0 spiro atoms. The summed E-state index contributed by atoms with van der Waals surface area (Å²) in [4.78, 5) is 29.6. The summed E-state index contributed by atoms with van der Waals surface area (Å²) >= 11 is 0. The standard InChI is InChI=1S/C13H13N3O3.C9H19N3O/c1-9-7-11(5-6-15-9)19-10-3-4-12(14-2)13(8-10)16(17)18;1-11(2)8-3-5-12(6-4-8)7-9(10)13/h3-8,14H,1-2H3;8H,3-7H2,1-2H3,(H2,10,13). The van der Waals surface area contributed by atoms with Crippen LogP contribution < -0.4 is 15.8 Å². The van der Waals surface area contributed by atoms with E-state index in [9.17, 15) is 14.9 Å². The van der Waals surface area contributed by atoms with Gasteiger partial charge in [-0.15, -0.1) is 0 Å². The number of primary amides is 1. The number of hydrogen-bond acceptors (Lipinski definition) is 8. The van der Waals surface area contributed by atoms with Crippen LogP contribution >= 0.6 is 0 Å². The van der Waals surface area contributed by atoms with Crippen molar-refractivity contribution in [1.29, 1.82) is 0 Å². The fraction of sp³-hybridized carbons (Fsp3) is 0.455. The molecule has 1 aliphatic heterocycles. The number of rotatable bonds is 7. The van der Waals surface area contributed by atoms with Gasteiger partial charge in [0.1, 0.15) is 17.2 Å². The first kappa shape index (κ1) is 25.0. The fourth-order valence-corrected chi connectivity index (χ4v) is 3.47. The number of aryl methyl sites for hydroxylation is 1. The third-order valence-electron chi connectivity index (χ3n) is 5.21. The van der Waals surface area contributed by atoms with Gasteiger partial charge < -0.3 is 20.7 Å². The molecule has 1 aliphatic rings. The zero-order chi connectivity index (χ0) is 23.7. The van der Waals surface area contributed by atoms with Crippen LogP contribution in [-0.4, -0.2) is 72.4 Å². The summed E-state index contributed by atoms with van der Waals surface area (Å²) in [6, 6.07) is 8.81. The van der Waals surface area contributed by atoms with Crippen molar-refractivity contribution in [3.63, 3.8) is 0 Å². The molecule has 1 amide bonds. The third-order valence-corrected chi connectivity index (χ3v) is 5.21. The maximum Gasteiger partial charge on any atom is 0.296 e. The van der Waals surface area contributed by atoms with Gasteiger partial charge in [0.2, 0.25) is 5.91 Å². The Bertz CT molecular complexity index is 913. The number of anilines is 1. The SMILES string of the molecule is CN(C)C1CCN(CC(N)=O)CC1.CNc1ccc(Oc2ccnc(C)c2)cc1[N+](=O)[O-]. The van der Waals surface area contributed by atoms with Crippen LogP contribution in [0.2, 0.25) is 0 Å². The van der Waals surface area contributed by atoms with Crippen LogP contribution in [0.3, 0.4) is 0 Å². The first-order valence-corrected chi connectivity index (χ1v) is 10.4. The molecule has 0 atom stereocenters. The smallest absolute Gasteiger partial charge is 0.296 e. The van der Waals surface area contributed by atoms with Gasteiger partial charge in [0.15, 0.2) is 0 Å². The molecule has 174 valence electrons. The van der Waals surface area contributed by atoms with E-state index in [0.29, 0.717) is 29.8 Å². The third kappa shape index (κ3) is 7.78. The van der Waals surface area contributed by atoms with Gasteiger partial charge in [-0.1, -0.05) is 0 Å². The molecule has 3 rings (SSSR count). The minimum Gasteiger partial charge on any atom is -0.457 e. The maximum atomic E-state index is 10.9. The van der Waals surface area contributed by atoms with Gasteiger partial charge in [0.25, 0.3) is 5.69 Å². The lowest BCUT2D eigenvalue weighted by atomic mass is 10.0. The molecule has 0 saturated carbocycles. The molecule has 2 heterocycles. The van der Waals surface area contributed by atoms with E-state index in [-0.39, 0.29) is 11.6 Å². The number of ether oxygens (including phenoxy) is 1. The number of nitro groups is 1. The highest BCUT2D eigenvalue weighted by Gasteiger charge is 2.21. The fourth-order valence-electron chi connectivity index (χ4n) is 3.47. The number of pyridine rings is 1. The predicted molar refractivity (Wildman–Crippen MR) is 124 cm³/mol. The van der Waals surface area contributed by atoms with Crippen molar-refractivity contribution < 1.29 is 14.5 Å². The Hall–Kier alpha value is -3.24. The minimum absolute atomic E-state index is 0.0224. The van der Waals surface area contributed by atoms with E-state index in [2.05, 4.69) is 34.2 Å². The van der Waals surface area contributed by atoms with Crippen LogP contribution in [0.15, 0.2) is 36.5 Å². The van der Waals surface area contributed by atoms with E-state index in [4.69, 9.17) is 10.5 Å². The van der Waals surface area contributed by atoms with E-state index < -0.39 is 4.92 Å². The van der Waals surface area contributed by atoms with Crippen LogP contribution in [0.1, 0.15) is 18.5 Å². The van der Waals surface area contributed by atoms with Crippen molar-refractivity contribution in [2.45, 2.75) is 25.8 Å². The number of nitrogens with zero attached hydrogens (tertiary/aromatic N) is 4. The van der Waals surface area contributed by atoms with E-state index in [1.807, 2.05) is 6.92 Å². The number of nitrogens with two attached hydrogens (primary N) is 1. The van der Waals surface area contributed by atoms with Gasteiger partial charge in [0, 0.05) is 44.1 Å². The second-order valence-corrected chi connectivity index (χ2v) is 7.86. The Morgan fingerprint density at radius 2 is 1.94 bits per heavy atom. The van der Waals surface area contributed by atoms with Crippen molar-refractivity contribution in [1.82, 2.24) is 14.8 Å².